The second-order valence-electron chi connectivity index (χ2n) is 5.92. The van der Waals surface area contributed by atoms with Crippen molar-refractivity contribution in [2.75, 3.05) is 19.8 Å². The summed E-state index contributed by atoms with van der Waals surface area (Å²) in [6.45, 7) is 5.23. The first kappa shape index (κ1) is 15.5. The first-order valence-corrected chi connectivity index (χ1v) is 8.23. The van der Waals surface area contributed by atoms with Crippen molar-refractivity contribution in [2.24, 2.45) is 5.92 Å². The van der Waals surface area contributed by atoms with Gasteiger partial charge in [0.2, 0.25) is 0 Å². The van der Waals surface area contributed by atoms with E-state index >= 15 is 0 Å². The Kier molecular flexibility index (Phi) is 7.10. The summed E-state index contributed by atoms with van der Waals surface area (Å²) in [6.07, 6.45) is 7.61. The van der Waals surface area contributed by atoms with Crippen LogP contribution in [-0.2, 0) is 11.2 Å². The molecule has 1 saturated heterocycles. The first-order valence-electron chi connectivity index (χ1n) is 8.23. The summed E-state index contributed by atoms with van der Waals surface area (Å²) in [7, 11) is 0. The zero-order valence-corrected chi connectivity index (χ0v) is 12.8. The number of hydrogen-bond donors (Lipinski definition) is 1. The maximum Gasteiger partial charge on any atom is 0.0468 e. The number of hydrogen-bond acceptors (Lipinski definition) is 2. The van der Waals surface area contributed by atoms with Gasteiger partial charge in [0.25, 0.3) is 0 Å². The third-order valence-corrected chi connectivity index (χ3v) is 4.31. The summed E-state index contributed by atoms with van der Waals surface area (Å²) in [5, 5.41) is 3.68. The fourth-order valence-electron chi connectivity index (χ4n) is 3.17. The molecule has 0 saturated carbocycles. The summed E-state index contributed by atoms with van der Waals surface area (Å²) in [4.78, 5) is 0. The summed E-state index contributed by atoms with van der Waals surface area (Å²) in [5.41, 5.74) is 1.47. The van der Waals surface area contributed by atoms with Gasteiger partial charge in [-0.05, 0) is 56.6 Å². The van der Waals surface area contributed by atoms with Crippen molar-refractivity contribution in [3.8, 4) is 0 Å². The third kappa shape index (κ3) is 5.64. The van der Waals surface area contributed by atoms with E-state index in [2.05, 4.69) is 42.6 Å². The molecule has 1 aliphatic rings. The van der Waals surface area contributed by atoms with Gasteiger partial charge in [-0.2, -0.15) is 0 Å². The zero-order valence-electron chi connectivity index (χ0n) is 12.8. The molecule has 2 nitrogen and oxygen atoms in total. The van der Waals surface area contributed by atoms with E-state index in [1.54, 1.807) is 0 Å². The maximum atomic E-state index is 5.46. The van der Waals surface area contributed by atoms with Crippen LogP contribution in [0.25, 0.3) is 0 Å². The lowest BCUT2D eigenvalue weighted by Gasteiger charge is -2.27. The Hall–Kier alpha value is -0.860. The number of nitrogens with one attached hydrogen (secondary N) is 1. The molecule has 0 radical (unpaired) electrons. The fraction of sp³-hybridized carbons (Fsp3) is 0.667. The highest BCUT2D eigenvalue weighted by Crippen LogP contribution is 2.22. The van der Waals surface area contributed by atoms with Gasteiger partial charge in [-0.1, -0.05) is 37.3 Å². The topological polar surface area (TPSA) is 21.3 Å². The van der Waals surface area contributed by atoms with Crippen LogP contribution >= 0.6 is 0 Å². The molecule has 0 aromatic heterocycles. The summed E-state index contributed by atoms with van der Waals surface area (Å²) in [6, 6.07) is 11.5. The zero-order chi connectivity index (χ0) is 14.0. The Morgan fingerprint density at radius 2 is 1.95 bits per heavy atom. The molecule has 0 spiro atoms. The molecule has 2 heteroatoms. The molecular weight excluding hydrogens is 246 g/mol. The molecule has 0 amide bonds. The minimum atomic E-state index is 0.687. The smallest absolute Gasteiger partial charge is 0.0468 e. The number of rotatable bonds is 8. The van der Waals surface area contributed by atoms with Crippen LogP contribution in [0.3, 0.4) is 0 Å². The van der Waals surface area contributed by atoms with Crippen LogP contribution in [0.15, 0.2) is 30.3 Å². The van der Waals surface area contributed by atoms with Crippen LogP contribution in [0.2, 0.25) is 0 Å². The molecule has 1 aromatic rings. The molecule has 2 rings (SSSR count). The van der Waals surface area contributed by atoms with E-state index in [4.69, 9.17) is 4.74 Å². The molecule has 112 valence electrons. The van der Waals surface area contributed by atoms with E-state index in [1.807, 2.05) is 0 Å². The molecule has 1 atom stereocenters. The van der Waals surface area contributed by atoms with Gasteiger partial charge in [-0.15, -0.1) is 0 Å². The second kappa shape index (κ2) is 9.15. The molecule has 0 aliphatic carbocycles. The van der Waals surface area contributed by atoms with Gasteiger partial charge in [0.05, 0.1) is 0 Å². The molecule has 1 unspecified atom stereocenters. The van der Waals surface area contributed by atoms with Gasteiger partial charge < -0.3 is 10.1 Å². The van der Waals surface area contributed by atoms with Crippen LogP contribution < -0.4 is 5.32 Å². The van der Waals surface area contributed by atoms with Gasteiger partial charge >= 0.3 is 0 Å². The van der Waals surface area contributed by atoms with Gasteiger partial charge in [0, 0.05) is 19.3 Å². The van der Waals surface area contributed by atoms with Crippen molar-refractivity contribution in [3.05, 3.63) is 35.9 Å². The average Bonchev–Trinajstić information content (AvgIpc) is 2.49. The van der Waals surface area contributed by atoms with Crippen molar-refractivity contribution >= 4 is 0 Å². The van der Waals surface area contributed by atoms with E-state index in [0.717, 1.165) is 25.7 Å². The first-order chi connectivity index (χ1) is 9.88. The number of aryl methyl sites for hydroxylation is 1. The molecule has 0 bridgehead atoms. The van der Waals surface area contributed by atoms with E-state index in [0.29, 0.717) is 6.04 Å². The lowest BCUT2D eigenvalue weighted by Crippen LogP contribution is -2.32. The van der Waals surface area contributed by atoms with Crippen molar-refractivity contribution < 1.29 is 4.74 Å². The largest absolute Gasteiger partial charge is 0.381 e. The second-order valence-corrected chi connectivity index (χ2v) is 5.92. The predicted molar refractivity (Wildman–Crippen MR) is 85.0 cm³/mol. The standard InChI is InChI=1S/C18H29NO/c1-2-19-18(15-17-11-13-20-14-12-17)10-6-9-16-7-4-3-5-8-16/h3-5,7-8,17-19H,2,6,9-15H2,1H3. The van der Waals surface area contributed by atoms with Crippen LogP contribution in [0.1, 0.15) is 44.6 Å². The SMILES string of the molecule is CCNC(CCCc1ccccc1)CC1CCOCC1. The molecule has 1 aromatic carbocycles. The third-order valence-electron chi connectivity index (χ3n) is 4.31. The van der Waals surface area contributed by atoms with Crippen molar-refractivity contribution in [1.82, 2.24) is 5.32 Å². The van der Waals surface area contributed by atoms with Gasteiger partial charge in [-0.25, -0.2) is 0 Å². The Labute approximate surface area is 123 Å². The summed E-state index contributed by atoms with van der Waals surface area (Å²) >= 11 is 0. The van der Waals surface area contributed by atoms with E-state index < -0.39 is 0 Å². The average molecular weight is 275 g/mol. The highest BCUT2D eigenvalue weighted by molar-refractivity contribution is 5.14. The molecular formula is C18H29NO. The Morgan fingerprint density at radius 1 is 1.20 bits per heavy atom. The van der Waals surface area contributed by atoms with Crippen molar-refractivity contribution in [2.45, 2.75) is 51.5 Å². The highest BCUT2D eigenvalue weighted by Gasteiger charge is 2.18. The van der Waals surface area contributed by atoms with Crippen LogP contribution in [-0.4, -0.2) is 25.8 Å². The quantitative estimate of drug-likeness (QED) is 0.779. The van der Waals surface area contributed by atoms with Crippen molar-refractivity contribution in [3.63, 3.8) is 0 Å². The molecule has 1 fully saturated rings. The molecule has 1 heterocycles. The monoisotopic (exact) mass is 275 g/mol. The van der Waals surface area contributed by atoms with E-state index in [-0.39, 0.29) is 0 Å². The molecule has 20 heavy (non-hydrogen) atoms. The highest BCUT2D eigenvalue weighted by atomic mass is 16.5. The van der Waals surface area contributed by atoms with E-state index in [9.17, 15) is 0 Å². The van der Waals surface area contributed by atoms with Gasteiger partial charge in [-0.3, -0.25) is 0 Å². The fourth-order valence-corrected chi connectivity index (χ4v) is 3.17. The van der Waals surface area contributed by atoms with Crippen molar-refractivity contribution in [1.29, 1.82) is 0 Å². The minimum Gasteiger partial charge on any atom is -0.381 e. The van der Waals surface area contributed by atoms with E-state index in [1.165, 1.54) is 44.1 Å². The summed E-state index contributed by atoms with van der Waals surface area (Å²) < 4.78 is 5.46. The summed E-state index contributed by atoms with van der Waals surface area (Å²) in [5.74, 6) is 0.865. The Morgan fingerprint density at radius 3 is 2.65 bits per heavy atom. The van der Waals surface area contributed by atoms with Gasteiger partial charge in [0.1, 0.15) is 0 Å². The number of ether oxygens (including phenoxy) is 1. The normalized spacial score (nSPS) is 18.1. The van der Waals surface area contributed by atoms with Crippen LogP contribution in [0.4, 0.5) is 0 Å². The predicted octanol–water partition coefficient (Wildman–Crippen LogP) is 3.80. The van der Waals surface area contributed by atoms with Crippen LogP contribution in [0, 0.1) is 5.92 Å². The molecule has 1 N–H and O–H groups in total. The lowest BCUT2D eigenvalue weighted by molar-refractivity contribution is 0.0602. The van der Waals surface area contributed by atoms with Gasteiger partial charge in [0.15, 0.2) is 0 Å². The molecule has 1 aliphatic heterocycles. The number of benzene rings is 1. The Bertz CT molecular complexity index is 346. The lowest BCUT2D eigenvalue weighted by atomic mass is 9.90. The Balaban J connectivity index is 1.71. The van der Waals surface area contributed by atoms with Crippen LogP contribution in [0.5, 0.6) is 0 Å². The maximum absolute atomic E-state index is 5.46. The minimum absolute atomic E-state index is 0.687.